The van der Waals surface area contributed by atoms with Gasteiger partial charge in [-0.15, -0.1) is 0 Å². The maximum Gasteiger partial charge on any atom is 0.252 e. The lowest BCUT2D eigenvalue weighted by Crippen LogP contribution is -2.44. The number of amides is 2. The van der Waals surface area contributed by atoms with Gasteiger partial charge < -0.3 is 15.4 Å². The highest BCUT2D eigenvalue weighted by Gasteiger charge is 2.18. The largest absolute Gasteiger partial charge is 0.494 e. The fraction of sp³-hybridized carbons (Fsp3) is 0.385. The number of methoxy groups -OCH3 is 1. The first-order valence-corrected chi connectivity index (χ1v) is 6.77. The van der Waals surface area contributed by atoms with E-state index in [1.807, 2.05) is 0 Å². The minimum atomic E-state index is -0.651. The Kier molecular flexibility index (Phi) is 6.10. The van der Waals surface area contributed by atoms with Gasteiger partial charge in [-0.05, 0) is 26.0 Å². The molecule has 0 radical (unpaired) electrons. The zero-order chi connectivity index (χ0) is 15.3. The highest BCUT2D eigenvalue weighted by atomic mass is 35.5. The number of halogens is 2. The molecule has 2 N–H and O–H groups in total. The number of ether oxygens (including phenoxy) is 1. The fourth-order valence-corrected chi connectivity index (χ4v) is 2.20. The summed E-state index contributed by atoms with van der Waals surface area (Å²) < 4.78 is 5.00. The molecule has 0 fully saturated rings. The van der Waals surface area contributed by atoms with Crippen LogP contribution in [-0.4, -0.2) is 31.5 Å². The van der Waals surface area contributed by atoms with Gasteiger partial charge >= 0.3 is 0 Å². The van der Waals surface area contributed by atoms with Crippen molar-refractivity contribution in [3.05, 3.63) is 27.7 Å². The molecule has 2 amide bonds. The van der Waals surface area contributed by atoms with Gasteiger partial charge in [0.1, 0.15) is 6.04 Å². The Hall–Kier alpha value is -1.46. The predicted molar refractivity (Wildman–Crippen MR) is 78.6 cm³/mol. The summed E-state index contributed by atoms with van der Waals surface area (Å²) >= 11 is 11.9. The molecule has 0 bridgehead atoms. The van der Waals surface area contributed by atoms with E-state index >= 15 is 0 Å². The fourth-order valence-electron chi connectivity index (χ4n) is 1.56. The van der Waals surface area contributed by atoms with E-state index in [1.54, 1.807) is 13.8 Å². The third kappa shape index (κ3) is 4.02. The molecule has 1 atom stereocenters. The van der Waals surface area contributed by atoms with Crippen LogP contribution < -0.4 is 15.4 Å². The number of hydrogen-bond donors (Lipinski definition) is 2. The highest BCUT2D eigenvalue weighted by molar-refractivity contribution is 6.37. The number of hydrogen-bond acceptors (Lipinski definition) is 3. The van der Waals surface area contributed by atoms with Crippen LogP contribution in [0, 0.1) is 0 Å². The van der Waals surface area contributed by atoms with Gasteiger partial charge in [-0.3, -0.25) is 9.59 Å². The number of rotatable bonds is 5. The number of nitrogens with one attached hydrogen (secondary N) is 2. The summed E-state index contributed by atoms with van der Waals surface area (Å²) in [6, 6.07) is 2.22. The van der Waals surface area contributed by atoms with Gasteiger partial charge in [0.25, 0.3) is 5.91 Å². The van der Waals surface area contributed by atoms with Crippen LogP contribution in [0.15, 0.2) is 12.1 Å². The molecule has 20 heavy (non-hydrogen) atoms. The molecule has 0 saturated heterocycles. The second-order valence-corrected chi connectivity index (χ2v) is 4.88. The summed E-state index contributed by atoms with van der Waals surface area (Å²) in [7, 11) is 1.43. The number of carbonyl (C=O) groups is 2. The van der Waals surface area contributed by atoms with Crippen molar-refractivity contribution in [2.45, 2.75) is 19.9 Å². The van der Waals surface area contributed by atoms with Gasteiger partial charge in [0, 0.05) is 12.1 Å². The molecule has 1 aromatic carbocycles. The summed E-state index contributed by atoms with van der Waals surface area (Å²) in [6.45, 7) is 3.89. The van der Waals surface area contributed by atoms with Gasteiger partial charge in [0.2, 0.25) is 5.91 Å². The van der Waals surface area contributed by atoms with Crippen LogP contribution in [-0.2, 0) is 4.79 Å². The summed E-state index contributed by atoms with van der Waals surface area (Å²) in [5.74, 6) is -0.386. The van der Waals surface area contributed by atoms with Crippen LogP contribution in [0.3, 0.4) is 0 Å². The molecule has 7 heteroatoms. The number of benzene rings is 1. The van der Waals surface area contributed by atoms with Gasteiger partial charge in [0.15, 0.2) is 5.75 Å². The van der Waals surface area contributed by atoms with E-state index in [0.29, 0.717) is 12.3 Å². The molecule has 0 unspecified atom stereocenters. The first-order chi connectivity index (χ1) is 9.40. The van der Waals surface area contributed by atoms with Crippen molar-refractivity contribution < 1.29 is 14.3 Å². The van der Waals surface area contributed by atoms with Crippen molar-refractivity contribution in [1.29, 1.82) is 0 Å². The van der Waals surface area contributed by atoms with E-state index in [4.69, 9.17) is 27.9 Å². The number of likely N-dealkylation sites (N-methyl/N-ethyl adjacent to an activating group) is 1. The van der Waals surface area contributed by atoms with E-state index < -0.39 is 11.9 Å². The van der Waals surface area contributed by atoms with Gasteiger partial charge in [0.05, 0.1) is 17.2 Å². The van der Waals surface area contributed by atoms with E-state index in [2.05, 4.69) is 10.6 Å². The first kappa shape index (κ1) is 16.6. The van der Waals surface area contributed by atoms with Crippen LogP contribution in [0.25, 0.3) is 0 Å². The topological polar surface area (TPSA) is 67.4 Å². The Labute approximate surface area is 127 Å². The Morgan fingerprint density at radius 3 is 2.30 bits per heavy atom. The predicted octanol–water partition coefficient (Wildman–Crippen LogP) is 2.26. The maximum absolute atomic E-state index is 12.0. The molecule has 1 aromatic rings. The van der Waals surface area contributed by atoms with Crippen molar-refractivity contribution >= 4 is 35.0 Å². The second-order valence-electron chi connectivity index (χ2n) is 4.06. The van der Waals surface area contributed by atoms with Crippen LogP contribution in [0.2, 0.25) is 10.0 Å². The minimum absolute atomic E-state index is 0.232. The van der Waals surface area contributed by atoms with Crippen molar-refractivity contribution in [3.8, 4) is 5.75 Å². The Bertz CT molecular complexity index is 497. The standard InChI is InChI=1S/C13H16Cl2N2O3/c1-4-16-12(18)7(2)17-13(19)8-5-9(14)11(20-3)10(15)6-8/h5-7H,4H2,1-3H3,(H,16,18)(H,17,19)/t7-/m1/s1. The first-order valence-electron chi connectivity index (χ1n) is 6.02. The summed E-state index contributed by atoms with van der Waals surface area (Å²) in [5.41, 5.74) is 0.261. The lowest BCUT2D eigenvalue weighted by atomic mass is 10.2. The molecule has 0 aliphatic carbocycles. The van der Waals surface area contributed by atoms with Crippen molar-refractivity contribution in [2.24, 2.45) is 0 Å². The van der Waals surface area contributed by atoms with Crippen LogP contribution in [0.5, 0.6) is 5.75 Å². The zero-order valence-electron chi connectivity index (χ0n) is 11.4. The molecular formula is C13H16Cl2N2O3. The SMILES string of the molecule is CCNC(=O)[C@@H](C)NC(=O)c1cc(Cl)c(OC)c(Cl)c1. The summed E-state index contributed by atoms with van der Waals surface area (Å²) in [6.07, 6.45) is 0. The molecule has 0 saturated carbocycles. The van der Waals surface area contributed by atoms with E-state index in [9.17, 15) is 9.59 Å². The molecule has 0 aliphatic rings. The monoisotopic (exact) mass is 318 g/mol. The average molecular weight is 319 g/mol. The van der Waals surface area contributed by atoms with Gasteiger partial charge in [-0.1, -0.05) is 23.2 Å². The summed E-state index contributed by atoms with van der Waals surface area (Å²) in [4.78, 5) is 23.6. The van der Waals surface area contributed by atoms with Crippen molar-refractivity contribution in [3.63, 3.8) is 0 Å². The van der Waals surface area contributed by atoms with Crippen LogP contribution >= 0.6 is 23.2 Å². The van der Waals surface area contributed by atoms with Crippen molar-refractivity contribution in [1.82, 2.24) is 10.6 Å². The zero-order valence-corrected chi connectivity index (χ0v) is 12.9. The minimum Gasteiger partial charge on any atom is -0.494 e. The normalized spacial score (nSPS) is 11.7. The molecule has 0 aliphatic heterocycles. The third-order valence-corrected chi connectivity index (χ3v) is 3.12. The van der Waals surface area contributed by atoms with Crippen LogP contribution in [0.1, 0.15) is 24.2 Å². The average Bonchev–Trinajstić information content (AvgIpc) is 2.38. The van der Waals surface area contributed by atoms with Crippen LogP contribution in [0.4, 0.5) is 0 Å². The molecule has 0 aromatic heterocycles. The molecule has 0 spiro atoms. The Morgan fingerprint density at radius 1 is 1.30 bits per heavy atom. The van der Waals surface area contributed by atoms with E-state index in [1.165, 1.54) is 19.2 Å². The third-order valence-electron chi connectivity index (χ3n) is 2.56. The second kappa shape index (κ2) is 7.36. The highest BCUT2D eigenvalue weighted by Crippen LogP contribution is 2.33. The van der Waals surface area contributed by atoms with Crippen molar-refractivity contribution in [2.75, 3.05) is 13.7 Å². The number of carbonyl (C=O) groups excluding carboxylic acids is 2. The molecule has 1 rings (SSSR count). The Morgan fingerprint density at radius 2 is 1.85 bits per heavy atom. The lowest BCUT2D eigenvalue weighted by Gasteiger charge is -2.14. The van der Waals surface area contributed by atoms with Gasteiger partial charge in [-0.25, -0.2) is 0 Å². The molecular weight excluding hydrogens is 303 g/mol. The smallest absolute Gasteiger partial charge is 0.252 e. The lowest BCUT2D eigenvalue weighted by molar-refractivity contribution is -0.122. The Balaban J connectivity index is 2.86. The molecule has 0 heterocycles. The van der Waals surface area contributed by atoms with E-state index in [0.717, 1.165) is 0 Å². The maximum atomic E-state index is 12.0. The summed E-state index contributed by atoms with van der Waals surface area (Å²) in [5, 5.41) is 5.65. The quantitative estimate of drug-likeness (QED) is 0.875. The molecule has 5 nitrogen and oxygen atoms in total. The molecule has 110 valence electrons. The van der Waals surface area contributed by atoms with E-state index in [-0.39, 0.29) is 21.5 Å². The van der Waals surface area contributed by atoms with Gasteiger partial charge in [-0.2, -0.15) is 0 Å².